The fourth-order valence-electron chi connectivity index (χ4n) is 3.21. The molecule has 5 heteroatoms. The quantitative estimate of drug-likeness (QED) is 0.573. The third-order valence-electron chi connectivity index (χ3n) is 4.43. The van der Waals surface area contributed by atoms with Crippen LogP contribution in [0.3, 0.4) is 0 Å². The molecule has 0 radical (unpaired) electrons. The van der Waals surface area contributed by atoms with Gasteiger partial charge in [0.05, 0.1) is 0 Å². The lowest BCUT2D eigenvalue weighted by molar-refractivity contribution is -0.120. The lowest BCUT2D eigenvalue weighted by Gasteiger charge is -2.15. The van der Waals surface area contributed by atoms with E-state index in [1.165, 1.54) is 24.3 Å². The van der Waals surface area contributed by atoms with E-state index in [0.29, 0.717) is 36.8 Å². The van der Waals surface area contributed by atoms with Crippen LogP contribution >= 0.6 is 0 Å². The third kappa shape index (κ3) is 5.69. The van der Waals surface area contributed by atoms with Gasteiger partial charge in [-0.3, -0.25) is 4.79 Å². The number of benzene rings is 2. The Balaban J connectivity index is 1.85. The first kappa shape index (κ1) is 19.6. The zero-order chi connectivity index (χ0) is 19.3. The first-order chi connectivity index (χ1) is 12.2. The highest BCUT2D eigenvalue weighted by Crippen LogP contribution is 2.28. The molecule has 2 rings (SSSR count). The van der Waals surface area contributed by atoms with E-state index in [4.69, 9.17) is 0 Å². The predicted molar refractivity (Wildman–Crippen MR) is 99.5 cm³/mol. The summed E-state index contributed by atoms with van der Waals surface area (Å²) in [5.41, 5.74) is 1.43. The molecule has 0 bridgehead atoms. The number of Topliss-reactive ketones (excluding diaryl/α,β-unsaturated/α-hetero) is 1. The molecule has 2 aromatic rings. The molecule has 0 saturated carbocycles. The van der Waals surface area contributed by atoms with Gasteiger partial charge in [-0.1, -0.05) is 26.0 Å². The maximum Gasteiger partial charge on any atom is 0.133 e. The molecule has 5 nitrogen and oxygen atoms in total. The van der Waals surface area contributed by atoms with Gasteiger partial charge in [0.2, 0.25) is 0 Å². The summed E-state index contributed by atoms with van der Waals surface area (Å²) < 4.78 is 0. The van der Waals surface area contributed by atoms with Crippen molar-refractivity contribution >= 4 is 5.78 Å². The highest BCUT2D eigenvalue weighted by Gasteiger charge is 2.16. The van der Waals surface area contributed by atoms with Crippen molar-refractivity contribution in [3.05, 3.63) is 47.5 Å². The van der Waals surface area contributed by atoms with Gasteiger partial charge in [-0.05, 0) is 47.9 Å². The number of carbonyl (C=O) groups is 1. The molecule has 2 unspecified atom stereocenters. The van der Waals surface area contributed by atoms with E-state index < -0.39 is 0 Å². The number of rotatable bonds is 8. The van der Waals surface area contributed by atoms with Crippen molar-refractivity contribution in [2.45, 2.75) is 39.5 Å². The number of aromatic hydroxyl groups is 4. The Kier molecular flexibility index (Phi) is 6.50. The van der Waals surface area contributed by atoms with E-state index in [9.17, 15) is 25.2 Å². The number of carbonyl (C=O) groups excluding carboxylic acids is 1. The summed E-state index contributed by atoms with van der Waals surface area (Å²) in [6.07, 6.45) is 1.94. The summed E-state index contributed by atoms with van der Waals surface area (Å²) in [5, 5.41) is 38.3. The number of phenols is 4. The van der Waals surface area contributed by atoms with Crippen molar-refractivity contribution in [2.75, 3.05) is 0 Å². The van der Waals surface area contributed by atoms with Crippen LogP contribution in [0, 0.1) is 11.8 Å². The van der Waals surface area contributed by atoms with E-state index in [1.807, 2.05) is 13.8 Å². The van der Waals surface area contributed by atoms with Crippen molar-refractivity contribution in [1.82, 2.24) is 0 Å². The topological polar surface area (TPSA) is 98.0 Å². The molecule has 0 amide bonds. The SMILES string of the molecule is CC(CC(=O)CC(C)Cc1ccc(O)cc1O)Cc1ccc(O)cc1O. The molecular weight excluding hydrogens is 332 g/mol. The highest BCUT2D eigenvalue weighted by molar-refractivity contribution is 5.78. The van der Waals surface area contributed by atoms with Gasteiger partial charge in [-0.2, -0.15) is 0 Å². The summed E-state index contributed by atoms with van der Waals surface area (Å²) in [7, 11) is 0. The minimum absolute atomic E-state index is 0.0151. The van der Waals surface area contributed by atoms with Crippen LogP contribution in [-0.4, -0.2) is 26.2 Å². The monoisotopic (exact) mass is 358 g/mol. The maximum absolute atomic E-state index is 12.3. The average Bonchev–Trinajstić information content (AvgIpc) is 2.52. The summed E-state index contributed by atoms with van der Waals surface area (Å²) in [6.45, 7) is 3.92. The lowest BCUT2D eigenvalue weighted by Crippen LogP contribution is -2.13. The maximum atomic E-state index is 12.3. The van der Waals surface area contributed by atoms with Gasteiger partial charge in [0.25, 0.3) is 0 Å². The Morgan fingerprint density at radius 2 is 1.15 bits per heavy atom. The molecule has 0 saturated heterocycles. The van der Waals surface area contributed by atoms with Crippen molar-refractivity contribution in [3.63, 3.8) is 0 Å². The van der Waals surface area contributed by atoms with Crippen LogP contribution in [0.2, 0.25) is 0 Å². The normalized spacial score (nSPS) is 13.3. The predicted octanol–water partition coefficient (Wildman–Crippen LogP) is 3.92. The van der Waals surface area contributed by atoms with Crippen LogP contribution in [0.4, 0.5) is 0 Å². The van der Waals surface area contributed by atoms with Crippen molar-refractivity contribution in [3.8, 4) is 23.0 Å². The minimum Gasteiger partial charge on any atom is -0.508 e. The van der Waals surface area contributed by atoms with Gasteiger partial charge < -0.3 is 20.4 Å². The molecule has 0 heterocycles. The number of hydrogen-bond donors (Lipinski definition) is 4. The van der Waals surface area contributed by atoms with Gasteiger partial charge in [-0.15, -0.1) is 0 Å². The van der Waals surface area contributed by atoms with E-state index in [-0.39, 0.29) is 40.6 Å². The largest absolute Gasteiger partial charge is 0.508 e. The van der Waals surface area contributed by atoms with Gasteiger partial charge in [0.15, 0.2) is 0 Å². The standard InChI is InChI=1S/C21H26O5/c1-13(7-15-3-5-17(22)11-20(15)25)9-19(24)10-14(2)8-16-4-6-18(23)12-21(16)26/h3-6,11-14,22-23,25-26H,7-10H2,1-2H3. The summed E-state index contributed by atoms with van der Waals surface area (Å²) in [5.74, 6) is 0.407. The van der Waals surface area contributed by atoms with Crippen molar-refractivity contribution in [2.24, 2.45) is 11.8 Å². The summed E-state index contributed by atoms with van der Waals surface area (Å²) in [6, 6.07) is 8.99. The Morgan fingerprint density at radius 1 is 0.769 bits per heavy atom. The van der Waals surface area contributed by atoms with Crippen molar-refractivity contribution in [1.29, 1.82) is 0 Å². The van der Waals surface area contributed by atoms with Crippen LogP contribution in [-0.2, 0) is 17.6 Å². The smallest absolute Gasteiger partial charge is 0.133 e. The number of ketones is 1. The molecule has 0 aliphatic heterocycles. The molecule has 0 aliphatic rings. The van der Waals surface area contributed by atoms with E-state index in [0.717, 1.165) is 0 Å². The zero-order valence-electron chi connectivity index (χ0n) is 15.1. The van der Waals surface area contributed by atoms with Crippen molar-refractivity contribution < 1.29 is 25.2 Å². The molecule has 0 aliphatic carbocycles. The van der Waals surface area contributed by atoms with Crippen LogP contribution in [0.5, 0.6) is 23.0 Å². The van der Waals surface area contributed by atoms with Gasteiger partial charge in [0.1, 0.15) is 28.8 Å². The number of hydrogen-bond acceptors (Lipinski definition) is 5. The van der Waals surface area contributed by atoms with Crippen LogP contribution in [0.15, 0.2) is 36.4 Å². The molecule has 0 fully saturated rings. The molecule has 140 valence electrons. The molecule has 26 heavy (non-hydrogen) atoms. The molecule has 0 spiro atoms. The number of phenolic OH excluding ortho intramolecular Hbond substituents is 4. The van der Waals surface area contributed by atoms with Crippen LogP contribution in [0.25, 0.3) is 0 Å². The minimum atomic E-state index is 0.0151. The van der Waals surface area contributed by atoms with Gasteiger partial charge >= 0.3 is 0 Å². The van der Waals surface area contributed by atoms with Gasteiger partial charge in [-0.25, -0.2) is 0 Å². The molecule has 2 aromatic carbocycles. The zero-order valence-corrected chi connectivity index (χ0v) is 15.1. The van der Waals surface area contributed by atoms with E-state index in [1.54, 1.807) is 12.1 Å². The van der Waals surface area contributed by atoms with Crippen LogP contribution < -0.4 is 0 Å². The van der Waals surface area contributed by atoms with E-state index >= 15 is 0 Å². The second kappa shape index (κ2) is 8.61. The Labute approximate surface area is 153 Å². The first-order valence-electron chi connectivity index (χ1n) is 8.78. The lowest BCUT2D eigenvalue weighted by atomic mass is 9.90. The second-order valence-electron chi connectivity index (χ2n) is 7.19. The Hall–Kier alpha value is -2.69. The summed E-state index contributed by atoms with van der Waals surface area (Å²) in [4.78, 5) is 12.3. The second-order valence-corrected chi connectivity index (χ2v) is 7.19. The van der Waals surface area contributed by atoms with Crippen LogP contribution in [0.1, 0.15) is 37.8 Å². The fraction of sp³-hybridized carbons (Fsp3) is 0.381. The Bertz CT molecular complexity index is 705. The molecule has 4 N–H and O–H groups in total. The van der Waals surface area contributed by atoms with Gasteiger partial charge in [0, 0.05) is 25.0 Å². The molecular formula is C21H26O5. The third-order valence-corrected chi connectivity index (χ3v) is 4.43. The molecule has 0 aromatic heterocycles. The fourth-order valence-corrected chi connectivity index (χ4v) is 3.21. The summed E-state index contributed by atoms with van der Waals surface area (Å²) >= 11 is 0. The van der Waals surface area contributed by atoms with E-state index in [2.05, 4.69) is 0 Å². The molecule has 2 atom stereocenters. The average molecular weight is 358 g/mol. The Morgan fingerprint density at radius 3 is 1.50 bits per heavy atom. The highest BCUT2D eigenvalue weighted by atomic mass is 16.3. The first-order valence-corrected chi connectivity index (χ1v) is 8.78.